The third-order valence-electron chi connectivity index (χ3n) is 1.97. The molecule has 0 unspecified atom stereocenters. The van der Waals surface area contributed by atoms with Gasteiger partial charge in [-0.3, -0.25) is 19.8 Å². The molecular formula is C10H19N3O4. The number of hydrogen-bond donors (Lipinski definition) is 2. The lowest BCUT2D eigenvalue weighted by Gasteiger charge is -2.19. The SMILES string of the molecule is CCCN(CC(=O)NC(=O)NC)CC(=O)OC. The molecular weight excluding hydrogens is 226 g/mol. The van der Waals surface area contributed by atoms with Gasteiger partial charge in [0.1, 0.15) is 0 Å². The topological polar surface area (TPSA) is 87.7 Å². The van der Waals surface area contributed by atoms with E-state index < -0.39 is 17.9 Å². The van der Waals surface area contributed by atoms with Crippen LogP contribution in [0.25, 0.3) is 0 Å². The van der Waals surface area contributed by atoms with Gasteiger partial charge in [-0.1, -0.05) is 6.92 Å². The molecule has 0 aliphatic heterocycles. The van der Waals surface area contributed by atoms with Gasteiger partial charge >= 0.3 is 12.0 Å². The van der Waals surface area contributed by atoms with E-state index in [4.69, 9.17) is 0 Å². The summed E-state index contributed by atoms with van der Waals surface area (Å²) in [5.41, 5.74) is 0. The summed E-state index contributed by atoms with van der Waals surface area (Å²) in [4.78, 5) is 35.0. The van der Waals surface area contributed by atoms with Crippen molar-refractivity contribution >= 4 is 17.9 Å². The number of hydrogen-bond acceptors (Lipinski definition) is 5. The van der Waals surface area contributed by atoms with Crippen LogP contribution in [-0.4, -0.2) is 56.6 Å². The second-order valence-electron chi connectivity index (χ2n) is 3.41. The lowest BCUT2D eigenvalue weighted by Crippen LogP contribution is -2.45. The monoisotopic (exact) mass is 245 g/mol. The molecule has 0 rings (SSSR count). The van der Waals surface area contributed by atoms with Crippen molar-refractivity contribution in [2.75, 3.05) is 33.8 Å². The van der Waals surface area contributed by atoms with Gasteiger partial charge < -0.3 is 10.1 Å². The van der Waals surface area contributed by atoms with Gasteiger partial charge in [0, 0.05) is 7.05 Å². The van der Waals surface area contributed by atoms with Crippen molar-refractivity contribution in [2.24, 2.45) is 0 Å². The molecule has 0 aromatic carbocycles. The molecule has 0 heterocycles. The van der Waals surface area contributed by atoms with Crippen LogP contribution in [0, 0.1) is 0 Å². The first kappa shape index (κ1) is 15.4. The van der Waals surface area contributed by atoms with Crippen molar-refractivity contribution in [2.45, 2.75) is 13.3 Å². The Balaban J connectivity index is 4.18. The van der Waals surface area contributed by atoms with E-state index in [-0.39, 0.29) is 13.1 Å². The summed E-state index contributed by atoms with van der Waals surface area (Å²) in [6, 6.07) is -0.565. The normalized spacial score (nSPS) is 9.88. The highest BCUT2D eigenvalue weighted by Gasteiger charge is 2.15. The molecule has 0 radical (unpaired) electrons. The molecule has 7 heteroatoms. The predicted molar refractivity (Wildman–Crippen MR) is 61.3 cm³/mol. The molecule has 3 amide bonds. The number of nitrogens with zero attached hydrogens (tertiary/aromatic N) is 1. The maximum atomic E-state index is 11.4. The van der Waals surface area contributed by atoms with Crippen LogP contribution < -0.4 is 10.6 Å². The summed E-state index contributed by atoms with van der Waals surface area (Å²) >= 11 is 0. The Hall–Kier alpha value is -1.63. The number of carbonyl (C=O) groups is 3. The Morgan fingerprint density at radius 3 is 2.35 bits per heavy atom. The van der Waals surface area contributed by atoms with E-state index in [0.717, 1.165) is 6.42 Å². The highest BCUT2D eigenvalue weighted by molar-refractivity contribution is 5.95. The van der Waals surface area contributed by atoms with Crippen LogP contribution in [0.4, 0.5) is 4.79 Å². The average molecular weight is 245 g/mol. The zero-order chi connectivity index (χ0) is 13.3. The van der Waals surface area contributed by atoms with Crippen molar-refractivity contribution < 1.29 is 19.1 Å². The molecule has 0 saturated carbocycles. The van der Waals surface area contributed by atoms with E-state index >= 15 is 0 Å². The highest BCUT2D eigenvalue weighted by Crippen LogP contribution is 1.92. The first-order valence-corrected chi connectivity index (χ1v) is 5.34. The number of esters is 1. The van der Waals surface area contributed by atoms with Gasteiger partial charge in [0.05, 0.1) is 20.2 Å². The number of imide groups is 1. The molecule has 0 aromatic rings. The Kier molecular flexibility index (Phi) is 7.70. The largest absolute Gasteiger partial charge is 0.468 e. The van der Waals surface area contributed by atoms with Gasteiger partial charge in [0.2, 0.25) is 5.91 Å². The van der Waals surface area contributed by atoms with Gasteiger partial charge in [0.25, 0.3) is 0 Å². The fourth-order valence-electron chi connectivity index (χ4n) is 1.21. The van der Waals surface area contributed by atoms with Crippen LogP contribution in [0.3, 0.4) is 0 Å². The number of methoxy groups -OCH3 is 1. The fourth-order valence-corrected chi connectivity index (χ4v) is 1.21. The van der Waals surface area contributed by atoms with Crippen LogP contribution in [0.5, 0.6) is 0 Å². The molecule has 0 fully saturated rings. The number of nitrogens with one attached hydrogen (secondary N) is 2. The van der Waals surface area contributed by atoms with Crippen LogP contribution in [0.1, 0.15) is 13.3 Å². The number of ether oxygens (including phenoxy) is 1. The minimum absolute atomic E-state index is 0.0175. The van der Waals surface area contributed by atoms with Crippen LogP contribution in [-0.2, 0) is 14.3 Å². The molecule has 0 aliphatic rings. The van der Waals surface area contributed by atoms with Gasteiger partial charge in [-0.2, -0.15) is 0 Å². The molecule has 0 aliphatic carbocycles. The van der Waals surface area contributed by atoms with Gasteiger partial charge in [0.15, 0.2) is 0 Å². The molecule has 0 spiro atoms. The fraction of sp³-hybridized carbons (Fsp3) is 0.700. The van der Waals surface area contributed by atoms with Crippen molar-refractivity contribution in [1.29, 1.82) is 0 Å². The number of rotatable bonds is 6. The summed E-state index contributed by atoms with van der Waals surface area (Å²) in [5, 5.41) is 4.40. The second-order valence-corrected chi connectivity index (χ2v) is 3.41. The van der Waals surface area contributed by atoms with Crippen molar-refractivity contribution in [3.05, 3.63) is 0 Å². The summed E-state index contributed by atoms with van der Waals surface area (Å²) in [6.07, 6.45) is 0.796. The number of urea groups is 1. The Morgan fingerprint density at radius 2 is 1.88 bits per heavy atom. The lowest BCUT2D eigenvalue weighted by atomic mass is 10.4. The van der Waals surface area contributed by atoms with E-state index in [1.165, 1.54) is 14.2 Å². The van der Waals surface area contributed by atoms with E-state index in [0.29, 0.717) is 6.54 Å². The van der Waals surface area contributed by atoms with Gasteiger partial charge in [-0.25, -0.2) is 4.79 Å². The smallest absolute Gasteiger partial charge is 0.321 e. The summed E-state index contributed by atoms with van der Waals surface area (Å²) < 4.78 is 4.52. The quantitative estimate of drug-likeness (QED) is 0.606. The number of amides is 3. The minimum Gasteiger partial charge on any atom is -0.468 e. The predicted octanol–water partition coefficient (Wildman–Crippen LogP) is -0.673. The molecule has 2 N–H and O–H groups in total. The van der Waals surface area contributed by atoms with E-state index in [9.17, 15) is 14.4 Å². The Morgan fingerprint density at radius 1 is 1.24 bits per heavy atom. The van der Waals surface area contributed by atoms with Crippen molar-refractivity contribution in [3.8, 4) is 0 Å². The third kappa shape index (κ3) is 7.29. The zero-order valence-electron chi connectivity index (χ0n) is 10.4. The van der Waals surface area contributed by atoms with Crippen molar-refractivity contribution in [3.63, 3.8) is 0 Å². The van der Waals surface area contributed by atoms with E-state index in [1.807, 2.05) is 6.92 Å². The molecule has 0 aromatic heterocycles. The Labute approximate surface area is 100 Å². The lowest BCUT2D eigenvalue weighted by molar-refractivity contribution is -0.142. The summed E-state index contributed by atoms with van der Waals surface area (Å²) in [5.74, 6) is -0.868. The maximum Gasteiger partial charge on any atom is 0.321 e. The van der Waals surface area contributed by atoms with Crippen LogP contribution in [0.15, 0.2) is 0 Å². The summed E-state index contributed by atoms with van der Waals surface area (Å²) in [7, 11) is 2.71. The zero-order valence-corrected chi connectivity index (χ0v) is 10.4. The molecule has 17 heavy (non-hydrogen) atoms. The molecule has 0 atom stereocenters. The van der Waals surface area contributed by atoms with Gasteiger partial charge in [-0.15, -0.1) is 0 Å². The van der Waals surface area contributed by atoms with Crippen LogP contribution >= 0.6 is 0 Å². The molecule has 0 bridgehead atoms. The third-order valence-corrected chi connectivity index (χ3v) is 1.97. The average Bonchev–Trinajstić information content (AvgIpc) is 2.28. The Bertz CT molecular complexity index is 281. The first-order chi connectivity index (χ1) is 8.03. The number of carbonyl (C=O) groups excluding carboxylic acids is 3. The van der Waals surface area contributed by atoms with Crippen LogP contribution in [0.2, 0.25) is 0 Å². The molecule has 98 valence electrons. The standard InChI is InChI=1S/C10H19N3O4/c1-4-5-13(7-9(15)17-3)6-8(14)12-10(16)11-2/h4-7H2,1-3H3,(H2,11,12,14,16). The second kappa shape index (κ2) is 8.51. The summed E-state index contributed by atoms with van der Waals surface area (Å²) in [6.45, 7) is 2.53. The molecule has 7 nitrogen and oxygen atoms in total. The first-order valence-electron chi connectivity index (χ1n) is 5.34. The maximum absolute atomic E-state index is 11.4. The van der Waals surface area contributed by atoms with E-state index in [1.54, 1.807) is 4.90 Å². The minimum atomic E-state index is -0.565. The van der Waals surface area contributed by atoms with E-state index in [2.05, 4.69) is 15.4 Å². The van der Waals surface area contributed by atoms with Crippen molar-refractivity contribution in [1.82, 2.24) is 15.5 Å². The molecule has 0 saturated heterocycles. The van der Waals surface area contributed by atoms with Gasteiger partial charge in [-0.05, 0) is 13.0 Å². The highest BCUT2D eigenvalue weighted by atomic mass is 16.5.